The molecule has 1 unspecified atom stereocenters. The zero-order chi connectivity index (χ0) is 20.4. The van der Waals surface area contributed by atoms with Gasteiger partial charge in [-0.15, -0.1) is 0 Å². The predicted molar refractivity (Wildman–Crippen MR) is 121 cm³/mol. The van der Waals surface area contributed by atoms with Crippen LogP contribution in [0.5, 0.6) is 0 Å². The molecule has 6 heteroatoms. The van der Waals surface area contributed by atoms with Crippen LogP contribution in [-0.4, -0.2) is 26.7 Å². The molecule has 0 saturated carbocycles. The number of amides is 2. The fraction of sp³-hybridized carbons (Fsp3) is 0.167. The van der Waals surface area contributed by atoms with Gasteiger partial charge >= 0.3 is 0 Å². The van der Waals surface area contributed by atoms with E-state index in [2.05, 4.69) is 42.9 Å². The van der Waals surface area contributed by atoms with Gasteiger partial charge in [-0.25, -0.2) is 0 Å². The fourth-order valence-corrected chi connectivity index (χ4v) is 5.38. The van der Waals surface area contributed by atoms with Gasteiger partial charge in [-0.2, -0.15) is 0 Å². The molecule has 2 aromatic carbocycles. The third-order valence-electron chi connectivity index (χ3n) is 6.22. The molecule has 0 spiro atoms. The summed E-state index contributed by atoms with van der Waals surface area (Å²) >= 11 is 3.63. The Hall–Kier alpha value is -3.12. The molecule has 1 atom stereocenters. The largest absolute Gasteiger partial charge is 0.361 e. The standard InChI is InChI=1S/C24H18BrN3O2/c25-9-13-8-14-4-3-6-16-18(12-28(11-13)22(14)16)21-20(23(29)27-24(21)30)17-10-26-19-7-2-1-5-15(17)19/h1-7,10,12-13,26H,8-9,11H2,(H,27,29,30). The van der Waals surface area contributed by atoms with Crippen LogP contribution < -0.4 is 5.32 Å². The van der Waals surface area contributed by atoms with Crippen molar-refractivity contribution in [3.05, 3.63) is 71.5 Å². The van der Waals surface area contributed by atoms with Crippen LogP contribution in [-0.2, 0) is 22.6 Å². The van der Waals surface area contributed by atoms with Crippen LogP contribution >= 0.6 is 15.9 Å². The molecule has 0 fully saturated rings. The normalized spacial score (nSPS) is 18.6. The van der Waals surface area contributed by atoms with Crippen molar-refractivity contribution in [3.8, 4) is 0 Å². The van der Waals surface area contributed by atoms with Gasteiger partial charge in [0.05, 0.1) is 16.7 Å². The molecule has 4 aromatic rings. The van der Waals surface area contributed by atoms with Crippen molar-refractivity contribution in [1.82, 2.24) is 14.9 Å². The molecule has 0 radical (unpaired) electrons. The maximum absolute atomic E-state index is 13.0. The number of hydrogen-bond donors (Lipinski definition) is 2. The van der Waals surface area contributed by atoms with Gasteiger partial charge in [0.2, 0.25) is 0 Å². The molecule has 0 bridgehead atoms. The van der Waals surface area contributed by atoms with Crippen LogP contribution in [0.3, 0.4) is 0 Å². The molecule has 2 amide bonds. The Bertz CT molecular complexity index is 1410. The maximum atomic E-state index is 13.0. The first-order valence-corrected chi connectivity index (χ1v) is 11.1. The third-order valence-corrected chi connectivity index (χ3v) is 7.14. The summed E-state index contributed by atoms with van der Waals surface area (Å²) in [4.78, 5) is 29.1. The molecular weight excluding hydrogens is 442 g/mol. The summed E-state index contributed by atoms with van der Waals surface area (Å²) in [6.45, 7) is 0.893. The number of carbonyl (C=O) groups is 2. The van der Waals surface area contributed by atoms with Crippen molar-refractivity contribution in [2.75, 3.05) is 5.33 Å². The minimum absolute atomic E-state index is 0.332. The van der Waals surface area contributed by atoms with Crippen LogP contribution in [0.25, 0.3) is 33.0 Å². The molecule has 2 aromatic heterocycles. The van der Waals surface area contributed by atoms with Crippen molar-refractivity contribution in [3.63, 3.8) is 0 Å². The Morgan fingerprint density at radius 2 is 1.73 bits per heavy atom. The Kier molecular flexibility index (Phi) is 3.80. The second kappa shape index (κ2) is 6.44. The number of nitrogens with one attached hydrogen (secondary N) is 2. The zero-order valence-electron chi connectivity index (χ0n) is 16.0. The highest BCUT2D eigenvalue weighted by molar-refractivity contribution is 9.09. The van der Waals surface area contributed by atoms with E-state index in [1.165, 1.54) is 11.1 Å². The first-order valence-electron chi connectivity index (χ1n) is 9.99. The minimum atomic E-state index is -0.343. The van der Waals surface area contributed by atoms with Crippen molar-refractivity contribution in [2.45, 2.75) is 13.0 Å². The summed E-state index contributed by atoms with van der Waals surface area (Å²) in [6, 6.07) is 14.1. The highest BCUT2D eigenvalue weighted by atomic mass is 79.9. The Labute approximate surface area is 180 Å². The van der Waals surface area contributed by atoms with Crippen LogP contribution in [0.4, 0.5) is 0 Å². The van der Waals surface area contributed by atoms with Crippen molar-refractivity contribution < 1.29 is 9.59 Å². The summed E-state index contributed by atoms with van der Waals surface area (Å²) in [5.41, 5.74) is 5.88. The SMILES string of the molecule is O=C1NC(=O)C(c2cn3c4c(cccc24)CC(CBr)C3)=C1c1c[nH]c2ccccc12. The summed E-state index contributed by atoms with van der Waals surface area (Å²) in [7, 11) is 0. The molecule has 2 aliphatic rings. The molecule has 4 heterocycles. The van der Waals surface area contributed by atoms with E-state index in [9.17, 15) is 9.59 Å². The first kappa shape index (κ1) is 17.7. The van der Waals surface area contributed by atoms with Crippen LogP contribution in [0, 0.1) is 5.92 Å². The summed E-state index contributed by atoms with van der Waals surface area (Å²) in [6.07, 6.45) is 4.87. The lowest BCUT2D eigenvalue weighted by Gasteiger charge is -2.23. The minimum Gasteiger partial charge on any atom is -0.361 e. The number of carbonyl (C=O) groups excluding carboxylic acids is 2. The molecule has 0 saturated heterocycles. The number of para-hydroxylation sites is 2. The van der Waals surface area contributed by atoms with E-state index in [1.807, 2.05) is 42.7 Å². The van der Waals surface area contributed by atoms with Gasteiger partial charge < -0.3 is 9.55 Å². The van der Waals surface area contributed by atoms with Gasteiger partial charge in [-0.05, 0) is 24.0 Å². The molecule has 30 heavy (non-hydrogen) atoms. The van der Waals surface area contributed by atoms with Gasteiger partial charge in [0.25, 0.3) is 11.8 Å². The number of nitrogens with zero attached hydrogens (tertiary/aromatic N) is 1. The monoisotopic (exact) mass is 459 g/mol. The number of alkyl halides is 1. The molecule has 6 rings (SSSR count). The number of benzene rings is 2. The second-order valence-electron chi connectivity index (χ2n) is 8.01. The lowest BCUT2D eigenvalue weighted by molar-refractivity contribution is -0.122. The van der Waals surface area contributed by atoms with Crippen molar-refractivity contribution in [1.29, 1.82) is 0 Å². The van der Waals surface area contributed by atoms with E-state index in [-0.39, 0.29) is 11.8 Å². The number of rotatable bonds is 3. The molecule has 2 aliphatic heterocycles. The predicted octanol–water partition coefficient (Wildman–Crippen LogP) is 4.26. The van der Waals surface area contributed by atoms with Gasteiger partial charge in [0.15, 0.2) is 0 Å². The smallest absolute Gasteiger partial charge is 0.259 e. The number of aromatic amines is 1. The second-order valence-corrected chi connectivity index (χ2v) is 8.66. The topological polar surface area (TPSA) is 66.9 Å². The number of imide groups is 1. The van der Waals surface area contributed by atoms with Crippen LogP contribution in [0.15, 0.2) is 54.9 Å². The zero-order valence-corrected chi connectivity index (χ0v) is 17.6. The molecule has 0 aliphatic carbocycles. The average molecular weight is 460 g/mol. The average Bonchev–Trinajstić information content (AvgIpc) is 3.42. The van der Waals surface area contributed by atoms with Gasteiger partial charge in [-0.3, -0.25) is 14.9 Å². The highest BCUT2D eigenvalue weighted by Crippen LogP contribution is 2.40. The number of aromatic nitrogens is 2. The number of fused-ring (bicyclic) bond motifs is 1. The summed E-state index contributed by atoms with van der Waals surface area (Å²) in [5.74, 6) is -0.171. The van der Waals surface area contributed by atoms with Gasteiger partial charge in [0, 0.05) is 51.7 Å². The number of halogens is 1. The van der Waals surface area contributed by atoms with Crippen molar-refractivity contribution in [2.24, 2.45) is 5.92 Å². The van der Waals surface area contributed by atoms with E-state index in [4.69, 9.17) is 0 Å². The summed E-state index contributed by atoms with van der Waals surface area (Å²) < 4.78 is 2.24. The van der Waals surface area contributed by atoms with Crippen molar-refractivity contribution >= 4 is 60.7 Å². The molecule has 5 nitrogen and oxygen atoms in total. The van der Waals surface area contributed by atoms with E-state index < -0.39 is 0 Å². The lowest BCUT2D eigenvalue weighted by atomic mass is 9.93. The van der Waals surface area contributed by atoms with E-state index in [1.54, 1.807) is 0 Å². The Morgan fingerprint density at radius 3 is 2.57 bits per heavy atom. The highest BCUT2D eigenvalue weighted by Gasteiger charge is 2.35. The van der Waals surface area contributed by atoms with E-state index in [0.29, 0.717) is 17.1 Å². The van der Waals surface area contributed by atoms with E-state index >= 15 is 0 Å². The number of H-pyrrole nitrogens is 1. The van der Waals surface area contributed by atoms with Gasteiger partial charge in [-0.1, -0.05) is 52.3 Å². The van der Waals surface area contributed by atoms with Crippen LogP contribution in [0.2, 0.25) is 0 Å². The molecule has 2 N–H and O–H groups in total. The van der Waals surface area contributed by atoms with E-state index in [0.717, 1.165) is 45.7 Å². The first-order chi connectivity index (χ1) is 14.7. The quantitative estimate of drug-likeness (QED) is 0.355. The van der Waals surface area contributed by atoms with Crippen LogP contribution in [0.1, 0.15) is 16.7 Å². The van der Waals surface area contributed by atoms with Gasteiger partial charge in [0.1, 0.15) is 0 Å². The Morgan fingerprint density at radius 1 is 0.967 bits per heavy atom. The fourth-order valence-electron chi connectivity index (χ4n) is 4.95. The Balaban J connectivity index is 1.65. The maximum Gasteiger partial charge on any atom is 0.259 e. The molecular formula is C24H18BrN3O2. The number of hydrogen-bond acceptors (Lipinski definition) is 2. The summed E-state index contributed by atoms with van der Waals surface area (Å²) in [5, 5.41) is 5.42. The third kappa shape index (κ3) is 2.40. The lowest BCUT2D eigenvalue weighted by Crippen LogP contribution is -2.22. The molecule has 148 valence electrons.